The molecular weight excluding hydrogens is 158 g/mol. The summed E-state index contributed by atoms with van der Waals surface area (Å²) in [6.07, 6.45) is 6.77. The number of nitrogens with one attached hydrogen (secondary N) is 1. The summed E-state index contributed by atoms with van der Waals surface area (Å²) in [4.78, 5) is 0. The Hall–Kier alpha value is -0.300. The average molecular weight is 181 g/mol. The van der Waals surface area contributed by atoms with Crippen molar-refractivity contribution >= 4 is 0 Å². The summed E-state index contributed by atoms with van der Waals surface area (Å²) >= 11 is 0. The molecule has 1 aliphatic rings. The fourth-order valence-corrected chi connectivity index (χ4v) is 1.99. The van der Waals surface area contributed by atoms with Crippen LogP contribution < -0.4 is 5.32 Å². The zero-order chi connectivity index (χ0) is 9.73. The van der Waals surface area contributed by atoms with Crippen molar-refractivity contribution < 1.29 is 0 Å². The number of rotatable bonds is 6. The maximum absolute atomic E-state index is 3.90. The lowest BCUT2D eigenvalue weighted by Crippen LogP contribution is -2.39. The summed E-state index contributed by atoms with van der Waals surface area (Å²) in [6.45, 7) is 10.6. The molecule has 0 atom stereocenters. The molecule has 0 saturated heterocycles. The van der Waals surface area contributed by atoms with Crippen molar-refractivity contribution in [2.75, 3.05) is 13.1 Å². The monoisotopic (exact) mass is 181 g/mol. The molecule has 1 nitrogen and oxygen atoms in total. The van der Waals surface area contributed by atoms with E-state index < -0.39 is 0 Å². The van der Waals surface area contributed by atoms with Gasteiger partial charge in [-0.15, -0.1) is 6.58 Å². The second-order valence-corrected chi connectivity index (χ2v) is 4.59. The topological polar surface area (TPSA) is 12.0 Å². The molecule has 1 N–H and O–H groups in total. The molecule has 76 valence electrons. The molecule has 0 aromatic carbocycles. The fourth-order valence-electron chi connectivity index (χ4n) is 1.99. The molecule has 1 fully saturated rings. The first-order valence-electron chi connectivity index (χ1n) is 5.54. The Kier molecular flexibility index (Phi) is 3.98. The predicted molar refractivity (Wildman–Crippen MR) is 58.9 cm³/mol. The molecule has 13 heavy (non-hydrogen) atoms. The zero-order valence-corrected chi connectivity index (χ0v) is 9.16. The van der Waals surface area contributed by atoms with Crippen molar-refractivity contribution in [2.45, 2.75) is 46.0 Å². The standard InChI is InChI=1S/C12H23N/c1-4-12(7-5-8-12)10-13-9-6-11(2)3/h13H,2,4-10H2,1,3H3. The quantitative estimate of drug-likeness (QED) is 0.490. The molecule has 1 heteroatoms. The molecule has 0 bridgehead atoms. The van der Waals surface area contributed by atoms with Gasteiger partial charge in [0.2, 0.25) is 0 Å². The Bertz CT molecular complexity index is 162. The minimum absolute atomic E-state index is 0.662. The molecule has 0 amide bonds. The highest BCUT2D eigenvalue weighted by molar-refractivity contribution is 4.91. The summed E-state index contributed by atoms with van der Waals surface area (Å²) < 4.78 is 0. The minimum Gasteiger partial charge on any atom is -0.316 e. The third-order valence-corrected chi connectivity index (χ3v) is 3.39. The van der Waals surface area contributed by atoms with Crippen molar-refractivity contribution in [1.29, 1.82) is 0 Å². The van der Waals surface area contributed by atoms with E-state index in [1.54, 1.807) is 0 Å². The first-order chi connectivity index (χ1) is 6.18. The molecule has 1 rings (SSSR count). The SMILES string of the molecule is C=C(C)CCNCC1(CC)CCC1. The second kappa shape index (κ2) is 4.80. The van der Waals surface area contributed by atoms with Gasteiger partial charge in [0.25, 0.3) is 0 Å². The van der Waals surface area contributed by atoms with Crippen LogP contribution in [0, 0.1) is 5.41 Å². The van der Waals surface area contributed by atoms with E-state index in [0.717, 1.165) is 13.0 Å². The van der Waals surface area contributed by atoms with Gasteiger partial charge in [0.05, 0.1) is 0 Å². The van der Waals surface area contributed by atoms with Crippen LogP contribution in [0.25, 0.3) is 0 Å². The Balaban J connectivity index is 2.07. The van der Waals surface area contributed by atoms with Crippen molar-refractivity contribution in [1.82, 2.24) is 5.32 Å². The van der Waals surface area contributed by atoms with Gasteiger partial charge in [-0.05, 0) is 44.6 Å². The third-order valence-electron chi connectivity index (χ3n) is 3.39. The van der Waals surface area contributed by atoms with E-state index in [1.165, 1.54) is 37.8 Å². The lowest BCUT2D eigenvalue weighted by atomic mass is 9.67. The highest BCUT2D eigenvalue weighted by Crippen LogP contribution is 2.42. The lowest BCUT2D eigenvalue weighted by Gasteiger charge is -2.41. The van der Waals surface area contributed by atoms with Gasteiger partial charge < -0.3 is 5.32 Å². The Labute approximate surface area is 82.6 Å². The van der Waals surface area contributed by atoms with Crippen LogP contribution in [0.5, 0.6) is 0 Å². The average Bonchev–Trinajstić information content (AvgIpc) is 2.01. The van der Waals surface area contributed by atoms with E-state index in [4.69, 9.17) is 0 Å². The Morgan fingerprint density at radius 3 is 2.54 bits per heavy atom. The molecule has 0 aliphatic heterocycles. The van der Waals surface area contributed by atoms with Gasteiger partial charge >= 0.3 is 0 Å². The third kappa shape index (κ3) is 3.15. The van der Waals surface area contributed by atoms with Crippen LogP contribution in [0.2, 0.25) is 0 Å². The summed E-state index contributed by atoms with van der Waals surface area (Å²) in [5.74, 6) is 0. The van der Waals surface area contributed by atoms with E-state index in [2.05, 4.69) is 25.7 Å². The zero-order valence-electron chi connectivity index (χ0n) is 9.16. The summed E-state index contributed by atoms with van der Waals surface area (Å²) in [7, 11) is 0. The Morgan fingerprint density at radius 1 is 1.46 bits per heavy atom. The summed E-state index contributed by atoms with van der Waals surface area (Å²) in [6, 6.07) is 0. The van der Waals surface area contributed by atoms with Gasteiger partial charge in [-0.2, -0.15) is 0 Å². The molecule has 1 saturated carbocycles. The van der Waals surface area contributed by atoms with Crippen LogP contribution in [0.15, 0.2) is 12.2 Å². The molecule has 0 spiro atoms. The second-order valence-electron chi connectivity index (χ2n) is 4.59. The van der Waals surface area contributed by atoms with E-state index in [9.17, 15) is 0 Å². The van der Waals surface area contributed by atoms with E-state index in [-0.39, 0.29) is 0 Å². The van der Waals surface area contributed by atoms with Crippen LogP contribution in [-0.4, -0.2) is 13.1 Å². The van der Waals surface area contributed by atoms with Crippen LogP contribution in [0.3, 0.4) is 0 Å². The largest absolute Gasteiger partial charge is 0.316 e. The minimum atomic E-state index is 0.662. The van der Waals surface area contributed by atoms with Crippen LogP contribution in [-0.2, 0) is 0 Å². The predicted octanol–water partition coefficient (Wildman–Crippen LogP) is 3.12. The molecular formula is C12H23N. The van der Waals surface area contributed by atoms with Crippen molar-refractivity contribution in [2.24, 2.45) is 5.41 Å². The molecule has 0 radical (unpaired) electrons. The first-order valence-corrected chi connectivity index (χ1v) is 5.54. The van der Waals surface area contributed by atoms with Gasteiger partial charge in [0.1, 0.15) is 0 Å². The maximum atomic E-state index is 3.90. The van der Waals surface area contributed by atoms with Crippen molar-refractivity contribution in [3.8, 4) is 0 Å². The van der Waals surface area contributed by atoms with Crippen LogP contribution in [0.4, 0.5) is 0 Å². The van der Waals surface area contributed by atoms with Crippen molar-refractivity contribution in [3.63, 3.8) is 0 Å². The lowest BCUT2D eigenvalue weighted by molar-refractivity contribution is 0.124. The Morgan fingerprint density at radius 2 is 2.15 bits per heavy atom. The smallest absolute Gasteiger partial charge is 0.000783 e. The normalized spacial score (nSPS) is 19.5. The molecule has 1 aliphatic carbocycles. The van der Waals surface area contributed by atoms with Gasteiger partial charge in [-0.25, -0.2) is 0 Å². The van der Waals surface area contributed by atoms with Crippen LogP contribution in [0.1, 0.15) is 46.0 Å². The van der Waals surface area contributed by atoms with Gasteiger partial charge in [0, 0.05) is 6.54 Å². The highest BCUT2D eigenvalue weighted by atomic mass is 14.9. The molecule has 0 aromatic heterocycles. The molecule has 0 aromatic rings. The van der Waals surface area contributed by atoms with E-state index >= 15 is 0 Å². The van der Waals surface area contributed by atoms with E-state index in [1.807, 2.05) is 0 Å². The first kappa shape index (κ1) is 10.8. The fraction of sp³-hybridized carbons (Fsp3) is 0.833. The van der Waals surface area contributed by atoms with Crippen molar-refractivity contribution in [3.05, 3.63) is 12.2 Å². The number of hydrogen-bond acceptors (Lipinski definition) is 1. The highest BCUT2D eigenvalue weighted by Gasteiger charge is 2.34. The summed E-state index contributed by atoms with van der Waals surface area (Å²) in [5, 5.41) is 3.55. The van der Waals surface area contributed by atoms with Gasteiger partial charge in [-0.3, -0.25) is 0 Å². The van der Waals surface area contributed by atoms with Gasteiger partial charge in [-0.1, -0.05) is 18.9 Å². The van der Waals surface area contributed by atoms with Crippen LogP contribution >= 0.6 is 0 Å². The molecule has 0 heterocycles. The van der Waals surface area contributed by atoms with E-state index in [0.29, 0.717) is 5.41 Å². The van der Waals surface area contributed by atoms with Gasteiger partial charge in [0.15, 0.2) is 0 Å². The maximum Gasteiger partial charge on any atom is 0.000783 e. The molecule has 0 unspecified atom stereocenters. The number of hydrogen-bond donors (Lipinski definition) is 1. The summed E-state index contributed by atoms with van der Waals surface area (Å²) in [5.41, 5.74) is 1.95.